The van der Waals surface area contributed by atoms with Gasteiger partial charge in [0, 0.05) is 33.4 Å². The van der Waals surface area contributed by atoms with Crippen molar-refractivity contribution in [3.8, 4) is 5.69 Å². The van der Waals surface area contributed by atoms with Crippen molar-refractivity contribution in [1.82, 2.24) is 25.1 Å². The summed E-state index contributed by atoms with van der Waals surface area (Å²) >= 11 is 1.34. The summed E-state index contributed by atoms with van der Waals surface area (Å²) in [6.45, 7) is 4.88. The molecule has 30 heavy (non-hydrogen) atoms. The summed E-state index contributed by atoms with van der Waals surface area (Å²) in [7, 11) is 5.83. The molecule has 0 aliphatic heterocycles. The zero-order valence-electron chi connectivity index (χ0n) is 18.1. The van der Waals surface area contributed by atoms with Gasteiger partial charge in [-0.2, -0.15) is 4.68 Å². The smallest absolute Gasteiger partial charge is 0.233 e. The Morgan fingerprint density at radius 2 is 1.70 bits per heavy atom. The van der Waals surface area contributed by atoms with E-state index in [-0.39, 0.29) is 11.7 Å². The first-order valence-electron chi connectivity index (χ1n) is 9.87. The number of carbonyl (C=O) groups is 1. The largest absolute Gasteiger partial charge is 0.378 e. The highest BCUT2D eigenvalue weighted by Crippen LogP contribution is 2.21. The van der Waals surface area contributed by atoms with E-state index < -0.39 is 0 Å². The summed E-state index contributed by atoms with van der Waals surface area (Å²) in [5.74, 6) is 0.770. The van der Waals surface area contributed by atoms with Gasteiger partial charge in [0.1, 0.15) is 0 Å². The highest BCUT2D eigenvalue weighted by atomic mass is 32.2. The number of hydrogen-bond donors (Lipinski definition) is 0. The zero-order chi connectivity index (χ0) is 21.7. The predicted octanol–water partition coefficient (Wildman–Crippen LogP) is 3.60. The molecule has 0 N–H and O–H groups in total. The molecule has 3 aromatic rings. The predicted molar refractivity (Wildman–Crippen MR) is 121 cm³/mol. The fraction of sp³-hybridized carbons (Fsp3) is 0.364. The van der Waals surface area contributed by atoms with Crippen LogP contribution in [0.25, 0.3) is 5.69 Å². The Morgan fingerprint density at radius 1 is 1.03 bits per heavy atom. The normalized spacial score (nSPS) is 11.0. The minimum absolute atomic E-state index is 0.0291. The molecular formula is C22H28N6OS. The van der Waals surface area contributed by atoms with Crippen molar-refractivity contribution in [1.29, 1.82) is 0 Å². The van der Waals surface area contributed by atoms with Crippen LogP contribution in [-0.4, -0.2) is 57.9 Å². The van der Waals surface area contributed by atoms with Crippen LogP contribution in [0.5, 0.6) is 0 Å². The van der Waals surface area contributed by atoms with E-state index in [0.717, 1.165) is 16.9 Å². The van der Waals surface area contributed by atoms with Crippen molar-refractivity contribution >= 4 is 23.4 Å². The van der Waals surface area contributed by atoms with Gasteiger partial charge in [0.2, 0.25) is 11.1 Å². The molecule has 158 valence electrons. The highest BCUT2D eigenvalue weighted by Gasteiger charge is 2.15. The van der Waals surface area contributed by atoms with Gasteiger partial charge in [0.15, 0.2) is 0 Å². The molecule has 0 atom stereocenters. The van der Waals surface area contributed by atoms with Gasteiger partial charge in [-0.1, -0.05) is 49.9 Å². The van der Waals surface area contributed by atoms with E-state index in [0.29, 0.717) is 17.6 Å². The Balaban J connectivity index is 1.59. The minimum atomic E-state index is 0.0291. The Kier molecular flexibility index (Phi) is 7.10. The minimum Gasteiger partial charge on any atom is -0.378 e. The average molecular weight is 425 g/mol. The van der Waals surface area contributed by atoms with Crippen molar-refractivity contribution in [2.75, 3.05) is 31.8 Å². The van der Waals surface area contributed by atoms with Gasteiger partial charge < -0.3 is 9.80 Å². The monoisotopic (exact) mass is 424 g/mol. The number of carbonyl (C=O) groups excluding carboxylic acids is 1. The van der Waals surface area contributed by atoms with Crippen LogP contribution in [0.15, 0.2) is 53.7 Å². The maximum absolute atomic E-state index is 12.6. The lowest BCUT2D eigenvalue weighted by atomic mass is 10.0. The first kappa shape index (κ1) is 21.8. The van der Waals surface area contributed by atoms with E-state index in [9.17, 15) is 4.79 Å². The van der Waals surface area contributed by atoms with Crippen LogP contribution in [0.2, 0.25) is 0 Å². The molecule has 1 aromatic heterocycles. The summed E-state index contributed by atoms with van der Waals surface area (Å²) in [6, 6.07) is 16.4. The number of benzene rings is 2. The van der Waals surface area contributed by atoms with Crippen molar-refractivity contribution in [2.24, 2.45) is 0 Å². The van der Waals surface area contributed by atoms with Crippen LogP contribution in [0.3, 0.4) is 0 Å². The molecule has 0 saturated carbocycles. The number of thioether (sulfide) groups is 1. The number of nitrogens with zero attached hydrogens (tertiary/aromatic N) is 6. The number of rotatable bonds is 8. The summed E-state index contributed by atoms with van der Waals surface area (Å²) < 4.78 is 1.67. The molecule has 0 aliphatic rings. The molecule has 1 amide bonds. The lowest BCUT2D eigenvalue weighted by molar-refractivity contribution is -0.127. The van der Waals surface area contributed by atoms with Gasteiger partial charge in [0.25, 0.3) is 0 Å². The molecule has 0 fully saturated rings. The Hall–Kier alpha value is -2.87. The number of amides is 1. The standard InChI is InChI=1S/C22H28N6OS/c1-16(2)18-8-12-20(13-9-18)28-22(23-24-25-28)30-15-21(29)27(5)14-17-6-10-19(11-7-17)26(3)4/h6-13,16H,14-15H2,1-5H3. The van der Waals surface area contributed by atoms with Gasteiger partial charge in [-0.05, 0) is 51.7 Å². The molecule has 0 bridgehead atoms. The van der Waals surface area contributed by atoms with Crippen LogP contribution >= 0.6 is 11.8 Å². The van der Waals surface area contributed by atoms with Gasteiger partial charge >= 0.3 is 0 Å². The third kappa shape index (κ3) is 5.38. The third-order valence-corrected chi connectivity index (χ3v) is 5.77. The summed E-state index contributed by atoms with van der Waals surface area (Å²) in [5.41, 5.74) is 4.37. The molecule has 7 nitrogen and oxygen atoms in total. The molecular weight excluding hydrogens is 396 g/mol. The summed E-state index contributed by atoms with van der Waals surface area (Å²) in [4.78, 5) is 16.4. The van der Waals surface area contributed by atoms with Gasteiger partial charge in [-0.25, -0.2) is 0 Å². The quantitative estimate of drug-likeness (QED) is 0.515. The topological polar surface area (TPSA) is 67.2 Å². The molecule has 0 radical (unpaired) electrons. The maximum Gasteiger partial charge on any atom is 0.233 e. The highest BCUT2D eigenvalue weighted by molar-refractivity contribution is 7.99. The maximum atomic E-state index is 12.6. The zero-order valence-corrected chi connectivity index (χ0v) is 18.9. The molecule has 0 unspecified atom stereocenters. The fourth-order valence-electron chi connectivity index (χ4n) is 2.93. The average Bonchev–Trinajstić information content (AvgIpc) is 3.21. The molecule has 8 heteroatoms. The fourth-order valence-corrected chi connectivity index (χ4v) is 3.76. The first-order valence-corrected chi connectivity index (χ1v) is 10.9. The van der Waals surface area contributed by atoms with Gasteiger partial charge in [-0.3, -0.25) is 4.79 Å². The Labute approximate surface area is 182 Å². The molecule has 3 rings (SSSR count). The van der Waals surface area contributed by atoms with Crippen LogP contribution in [-0.2, 0) is 11.3 Å². The number of tetrazole rings is 1. The second kappa shape index (κ2) is 9.75. The van der Waals surface area contributed by atoms with Crippen LogP contribution in [0.1, 0.15) is 30.9 Å². The number of anilines is 1. The molecule has 0 saturated heterocycles. The molecule has 0 spiro atoms. The van der Waals surface area contributed by atoms with Crippen molar-refractivity contribution in [3.05, 3.63) is 59.7 Å². The van der Waals surface area contributed by atoms with Crippen LogP contribution in [0.4, 0.5) is 5.69 Å². The second-order valence-electron chi connectivity index (χ2n) is 7.72. The van der Waals surface area contributed by atoms with E-state index in [1.54, 1.807) is 9.58 Å². The van der Waals surface area contributed by atoms with Crippen molar-refractivity contribution < 1.29 is 4.79 Å². The SMILES string of the molecule is CC(C)c1ccc(-n2nnnc2SCC(=O)N(C)Cc2ccc(N(C)C)cc2)cc1. The summed E-state index contributed by atoms with van der Waals surface area (Å²) in [5, 5.41) is 12.5. The second-order valence-corrected chi connectivity index (χ2v) is 8.66. The number of hydrogen-bond acceptors (Lipinski definition) is 6. The lowest BCUT2D eigenvalue weighted by Gasteiger charge is -2.18. The van der Waals surface area contributed by atoms with Crippen molar-refractivity contribution in [2.45, 2.75) is 31.5 Å². The van der Waals surface area contributed by atoms with E-state index >= 15 is 0 Å². The first-order chi connectivity index (χ1) is 14.3. The van der Waals surface area contributed by atoms with E-state index in [4.69, 9.17) is 0 Å². The number of aromatic nitrogens is 4. The van der Waals surface area contributed by atoms with Crippen LogP contribution < -0.4 is 4.90 Å². The van der Waals surface area contributed by atoms with Crippen LogP contribution in [0, 0.1) is 0 Å². The third-order valence-electron chi connectivity index (χ3n) is 4.87. The van der Waals surface area contributed by atoms with Gasteiger partial charge in [0.05, 0.1) is 11.4 Å². The Morgan fingerprint density at radius 3 is 2.30 bits per heavy atom. The molecule has 2 aromatic carbocycles. The summed E-state index contributed by atoms with van der Waals surface area (Å²) in [6.07, 6.45) is 0. The Bertz CT molecular complexity index is 966. The lowest BCUT2D eigenvalue weighted by Crippen LogP contribution is -2.28. The van der Waals surface area contributed by atoms with E-state index in [1.165, 1.54) is 17.3 Å². The van der Waals surface area contributed by atoms with E-state index in [2.05, 4.69) is 58.5 Å². The van der Waals surface area contributed by atoms with Gasteiger partial charge in [-0.15, -0.1) is 5.10 Å². The van der Waals surface area contributed by atoms with E-state index in [1.807, 2.05) is 45.4 Å². The molecule has 0 aliphatic carbocycles. The van der Waals surface area contributed by atoms with Crippen molar-refractivity contribution in [3.63, 3.8) is 0 Å². The molecule has 1 heterocycles.